The molecule has 26 heavy (non-hydrogen) atoms. The molecule has 0 unspecified atom stereocenters. The Morgan fingerprint density at radius 2 is 2.12 bits per heavy atom. The first-order chi connectivity index (χ1) is 12.5. The minimum Gasteiger partial charge on any atom is -0.305 e. The summed E-state index contributed by atoms with van der Waals surface area (Å²) >= 11 is 9.28. The van der Waals surface area contributed by atoms with Crippen molar-refractivity contribution in [2.45, 2.75) is 24.8 Å². The molecule has 3 aromatic rings. The summed E-state index contributed by atoms with van der Waals surface area (Å²) in [6.07, 6.45) is 0. The molecule has 0 N–H and O–H groups in total. The number of benzene rings is 1. The van der Waals surface area contributed by atoms with Crippen LogP contribution in [0.2, 0.25) is 5.02 Å². The highest BCUT2D eigenvalue weighted by Crippen LogP contribution is 2.30. The Morgan fingerprint density at radius 1 is 1.35 bits per heavy atom. The summed E-state index contributed by atoms with van der Waals surface area (Å²) in [4.78, 5) is 17.8. The van der Waals surface area contributed by atoms with E-state index in [-0.39, 0.29) is 5.91 Å². The molecule has 9 heteroatoms. The van der Waals surface area contributed by atoms with Gasteiger partial charge in [-0.1, -0.05) is 35.5 Å². The Kier molecular flexibility index (Phi) is 5.95. The Bertz CT molecular complexity index is 924. The lowest BCUT2D eigenvalue weighted by Crippen LogP contribution is -2.27. The summed E-state index contributed by atoms with van der Waals surface area (Å²) in [6, 6.07) is 7.57. The molecule has 0 fully saturated rings. The van der Waals surface area contributed by atoms with Crippen LogP contribution in [0, 0.1) is 0 Å². The van der Waals surface area contributed by atoms with Crippen LogP contribution in [0.25, 0.3) is 11.4 Å². The molecule has 0 aliphatic carbocycles. The largest absolute Gasteiger partial charge is 0.305 e. The van der Waals surface area contributed by atoms with Crippen molar-refractivity contribution in [2.75, 3.05) is 11.4 Å². The highest BCUT2D eigenvalue weighted by Gasteiger charge is 2.16. The summed E-state index contributed by atoms with van der Waals surface area (Å²) < 4.78 is 1.92. The van der Waals surface area contributed by atoms with Crippen LogP contribution < -0.4 is 4.90 Å². The fourth-order valence-electron chi connectivity index (χ4n) is 2.44. The van der Waals surface area contributed by atoms with E-state index in [0.29, 0.717) is 17.3 Å². The number of anilines is 1. The maximum Gasteiger partial charge on any atom is 0.225 e. The first kappa shape index (κ1) is 18.9. The highest BCUT2D eigenvalue weighted by molar-refractivity contribution is 7.98. The van der Waals surface area contributed by atoms with E-state index in [2.05, 4.69) is 15.2 Å². The van der Waals surface area contributed by atoms with Gasteiger partial charge < -0.3 is 4.57 Å². The van der Waals surface area contributed by atoms with E-state index >= 15 is 0 Å². The molecular weight excluding hydrogens is 390 g/mol. The van der Waals surface area contributed by atoms with Gasteiger partial charge in [-0.3, -0.25) is 9.69 Å². The van der Waals surface area contributed by atoms with Gasteiger partial charge in [-0.15, -0.1) is 21.5 Å². The maximum atomic E-state index is 11.6. The van der Waals surface area contributed by atoms with E-state index in [9.17, 15) is 4.79 Å². The number of hydrogen-bond donors (Lipinski definition) is 0. The van der Waals surface area contributed by atoms with Gasteiger partial charge >= 0.3 is 0 Å². The van der Waals surface area contributed by atoms with Crippen LogP contribution in [0.3, 0.4) is 0 Å². The number of carbonyl (C=O) groups excluding carboxylic acids is 1. The van der Waals surface area contributed by atoms with Crippen molar-refractivity contribution in [1.82, 2.24) is 19.7 Å². The zero-order chi connectivity index (χ0) is 18.7. The predicted octanol–water partition coefficient (Wildman–Crippen LogP) is 4.26. The number of thiazole rings is 1. The average molecular weight is 408 g/mol. The third-order valence-corrected chi connectivity index (χ3v) is 6.06. The first-order valence-corrected chi connectivity index (χ1v) is 10.2. The topological polar surface area (TPSA) is 63.9 Å². The van der Waals surface area contributed by atoms with Gasteiger partial charge in [0.25, 0.3) is 0 Å². The fraction of sp³-hybridized carbons (Fsp3) is 0.294. The van der Waals surface area contributed by atoms with Crippen LogP contribution >= 0.6 is 34.7 Å². The number of halogens is 1. The normalized spacial score (nSPS) is 10.9. The van der Waals surface area contributed by atoms with Crippen LogP contribution in [0.15, 0.2) is 34.8 Å². The van der Waals surface area contributed by atoms with Crippen molar-refractivity contribution in [2.24, 2.45) is 7.05 Å². The molecule has 0 aliphatic heterocycles. The van der Waals surface area contributed by atoms with Crippen molar-refractivity contribution in [1.29, 1.82) is 0 Å². The monoisotopic (exact) mass is 407 g/mol. The summed E-state index contributed by atoms with van der Waals surface area (Å²) in [5.41, 5.74) is 1.77. The molecule has 2 heterocycles. The summed E-state index contributed by atoms with van der Waals surface area (Å²) in [6.45, 7) is 4.10. The summed E-state index contributed by atoms with van der Waals surface area (Å²) in [5.74, 6) is 1.38. The molecule has 2 aromatic heterocycles. The van der Waals surface area contributed by atoms with Crippen molar-refractivity contribution < 1.29 is 4.79 Å². The number of aromatic nitrogens is 4. The lowest BCUT2D eigenvalue weighted by molar-refractivity contribution is -0.116. The van der Waals surface area contributed by atoms with Gasteiger partial charge in [-0.25, -0.2) is 4.98 Å². The Labute approximate surface area is 165 Å². The number of nitrogens with zero attached hydrogens (tertiary/aromatic N) is 5. The molecule has 0 bridgehead atoms. The minimum atomic E-state index is -0.00117. The first-order valence-electron chi connectivity index (χ1n) is 8.00. The number of hydrogen-bond acceptors (Lipinski definition) is 6. The SMILES string of the molecule is CCN(C(C)=O)c1nc(CSc2nnc(-c3ccccc3Cl)n2C)cs1. The van der Waals surface area contributed by atoms with Crippen LogP contribution in [-0.2, 0) is 17.6 Å². The fourth-order valence-corrected chi connectivity index (χ4v) is 4.50. The standard InChI is InChI=1S/C17H18ClN5OS2/c1-4-23(11(2)24)16-19-12(9-25-16)10-26-17-21-20-15(22(17)3)13-7-5-6-8-14(13)18/h5-9H,4,10H2,1-3H3. The van der Waals surface area contributed by atoms with Crippen LogP contribution in [0.5, 0.6) is 0 Å². The van der Waals surface area contributed by atoms with E-state index < -0.39 is 0 Å². The summed E-state index contributed by atoms with van der Waals surface area (Å²) in [5, 5.41) is 12.7. The van der Waals surface area contributed by atoms with Crippen LogP contribution in [0.4, 0.5) is 5.13 Å². The molecule has 136 valence electrons. The quantitative estimate of drug-likeness (QED) is 0.571. The highest BCUT2D eigenvalue weighted by atomic mass is 35.5. The number of thioether (sulfide) groups is 1. The maximum absolute atomic E-state index is 11.6. The molecule has 0 aliphatic rings. The molecule has 3 rings (SSSR count). The third-order valence-electron chi connectivity index (χ3n) is 3.77. The summed E-state index contributed by atoms with van der Waals surface area (Å²) in [7, 11) is 1.92. The molecule has 0 spiro atoms. The van der Waals surface area contributed by atoms with Crippen LogP contribution in [-0.4, -0.2) is 32.2 Å². The van der Waals surface area contributed by atoms with Gasteiger partial charge in [0.2, 0.25) is 5.91 Å². The molecule has 0 radical (unpaired) electrons. The average Bonchev–Trinajstić information content (AvgIpc) is 3.21. The van der Waals surface area contributed by atoms with Gasteiger partial charge in [-0.2, -0.15) is 0 Å². The van der Waals surface area contributed by atoms with Gasteiger partial charge in [0.15, 0.2) is 16.1 Å². The molecule has 0 atom stereocenters. The second kappa shape index (κ2) is 8.20. The molecule has 0 saturated heterocycles. The van der Waals surface area contributed by atoms with E-state index in [0.717, 1.165) is 27.4 Å². The van der Waals surface area contributed by atoms with Gasteiger partial charge in [-0.05, 0) is 19.1 Å². The van der Waals surface area contributed by atoms with Crippen molar-refractivity contribution in [3.8, 4) is 11.4 Å². The van der Waals surface area contributed by atoms with E-state index in [1.165, 1.54) is 11.3 Å². The minimum absolute atomic E-state index is 0.00117. The van der Waals surface area contributed by atoms with Crippen molar-refractivity contribution >= 4 is 45.7 Å². The Balaban J connectivity index is 1.73. The van der Waals surface area contributed by atoms with Crippen LogP contribution in [0.1, 0.15) is 19.5 Å². The predicted molar refractivity (Wildman–Crippen MR) is 107 cm³/mol. The lowest BCUT2D eigenvalue weighted by Gasteiger charge is -2.14. The zero-order valence-electron chi connectivity index (χ0n) is 14.6. The molecule has 6 nitrogen and oxygen atoms in total. The zero-order valence-corrected chi connectivity index (χ0v) is 17.0. The molecule has 1 amide bonds. The molecular formula is C17H18ClN5OS2. The number of rotatable bonds is 6. The number of amides is 1. The van der Waals surface area contributed by atoms with Crippen molar-refractivity contribution in [3.05, 3.63) is 40.4 Å². The van der Waals surface area contributed by atoms with Gasteiger partial charge in [0.1, 0.15) is 0 Å². The van der Waals surface area contributed by atoms with Gasteiger partial charge in [0, 0.05) is 37.2 Å². The third kappa shape index (κ3) is 3.92. The lowest BCUT2D eigenvalue weighted by atomic mass is 10.2. The van der Waals surface area contributed by atoms with Crippen molar-refractivity contribution in [3.63, 3.8) is 0 Å². The number of carbonyl (C=O) groups is 1. The second-order valence-corrected chi connectivity index (χ2v) is 7.70. The van der Waals surface area contributed by atoms with Gasteiger partial charge in [0.05, 0.1) is 10.7 Å². The Morgan fingerprint density at radius 3 is 2.81 bits per heavy atom. The second-order valence-electron chi connectivity index (χ2n) is 5.52. The molecule has 1 aromatic carbocycles. The Hall–Kier alpha value is -1.90. The van der Waals surface area contributed by atoms with E-state index in [4.69, 9.17) is 11.6 Å². The smallest absolute Gasteiger partial charge is 0.225 e. The van der Waals surface area contributed by atoms with E-state index in [1.807, 2.05) is 48.2 Å². The molecule has 0 saturated carbocycles. The van der Waals surface area contributed by atoms with E-state index in [1.54, 1.807) is 23.6 Å².